The van der Waals surface area contributed by atoms with E-state index in [0.29, 0.717) is 35.5 Å². The molecule has 0 aromatic heterocycles. The molecular formula is C25H22ClNO6S. The van der Waals surface area contributed by atoms with Crippen LogP contribution in [-0.4, -0.2) is 33.8 Å². The molecule has 0 aliphatic carbocycles. The fourth-order valence-electron chi connectivity index (χ4n) is 3.84. The molecule has 176 valence electrons. The summed E-state index contributed by atoms with van der Waals surface area (Å²) in [4.78, 5) is 24.3. The van der Waals surface area contributed by atoms with Crippen molar-refractivity contribution in [3.8, 4) is 5.75 Å². The van der Waals surface area contributed by atoms with Crippen molar-refractivity contribution in [2.45, 2.75) is 24.8 Å². The molecule has 3 aromatic rings. The lowest BCUT2D eigenvalue weighted by Crippen LogP contribution is -2.29. The van der Waals surface area contributed by atoms with Crippen LogP contribution in [0.5, 0.6) is 5.75 Å². The summed E-state index contributed by atoms with van der Waals surface area (Å²) in [6, 6.07) is 16.1. The molecule has 0 bridgehead atoms. The maximum atomic E-state index is 13.4. The van der Waals surface area contributed by atoms with Crippen LogP contribution in [-0.2, 0) is 27.8 Å². The van der Waals surface area contributed by atoms with Crippen molar-refractivity contribution in [2.24, 2.45) is 0 Å². The van der Waals surface area contributed by atoms with Crippen molar-refractivity contribution in [1.82, 2.24) is 0 Å². The van der Waals surface area contributed by atoms with E-state index in [2.05, 4.69) is 0 Å². The number of sulfonamides is 1. The first-order valence-corrected chi connectivity index (χ1v) is 12.3. The molecule has 0 fully saturated rings. The van der Waals surface area contributed by atoms with E-state index in [1.54, 1.807) is 30.3 Å². The summed E-state index contributed by atoms with van der Waals surface area (Å²) in [6.45, 7) is 1.57. The molecule has 0 saturated heterocycles. The second-order valence-corrected chi connectivity index (χ2v) is 10.00. The number of rotatable bonds is 7. The lowest BCUT2D eigenvalue weighted by molar-refractivity contribution is 0.0470. The van der Waals surface area contributed by atoms with E-state index in [1.165, 1.54) is 36.5 Å². The van der Waals surface area contributed by atoms with Gasteiger partial charge in [0, 0.05) is 17.7 Å². The first-order valence-electron chi connectivity index (χ1n) is 10.5. The van der Waals surface area contributed by atoms with Crippen LogP contribution < -0.4 is 9.04 Å². The maximum absolute atomic E-state index is 13.4. The molecule has 1 aliphatic heterocycles. The van der Waals surface area contributed by atoms with Gasteiger partial charge in [0.1, 0.15) is 17.3 Å². The van der Waals surface area contributed by atoms with E-state index in [0.717, 1.165) is 5.56 Å². The molecule has 1 heterocycles. The van der Waals surface area contributed by atoms with Gasteiger partial charge in [-0.2, -0.15) is 0 Å². The van der Waals surface area contributed by atoms with Crippen molar-refractivity contribution < 1.29 is 27.5 Å². The number of halogens is 1. The molecule has 9 heteroatoms. The number of benzene rings is 3. The molecule has 0 unspecified atom stereocenters. The van der Waals surface area contributed by atoms with E-state index in [1.807, 2.05) is 12.1 Å². The lowest BCUT2D eigenvalue weighted by Gasteiger charge is -2.20. The highest BCUT2D eigenvalue weighted by molar-refractivity contribution is 7.93. The minimum Gasteiger partial charge on any atom is -0.496 e. The zero-order chi connectivity index (χ0) is 24.5. The summed E-state index contributed by atoms with van der Waals surface area (Å²) in [5.74, 6) is -0.402. The van der Waals surface area contributed by atoms with Gasteiger partial charge in [0.15, 0.2) is 5.78 Å². The lowest BCUT2D eigenvalue weighted by atomic mass is 10.1. The summed E-state index contributed by atoms with van der Waals surface area (Å²) in [6.07, 6.45) is 0.593. The Morgan fingerprint density at radius 1 is 1.03 bits per heavy atom. The molecule has 0 radical (unpaired) electrons. The maximum Gasteiger partial charge on any atom is 0.338 e. The minimum absolute atomic E-state index is 0.0109. The van der Waals surface area contributed by atoms with Gasteiger partial charge in [-0.1, -0.05) is 29.8 Å². The van der Waals surface area contributed by atoms with Gasteiger partial charge in [0.2, 0.25) is 0 Å². The Bertz CT molecular complexity index is 1390. The van der Waals surface area contributed by atoms with Crippen molar-refractivity contribution in [2.75, 3.05) is 18.0 Å². The van der Waals surface area contributed by atoms with Crippen molar-refractivity contribution >= 4 is 39.1 Å². The largest absolute Gasteiger partial charge is 0.496 e. The fourth-order valence-corrected chi connectivity index (χ4v) is 5.85. The molecule has 7 nitrogen and oxygen atoms in total. The SMILES string of the molecule is COc1ccc(C(C)=O)cc1COC(=O)c1ccc(Cl)c(S(=O)(=O)N2CCc3ccccc32)c1. The van der Waals surface area contributed by atoms with Gasteiger partial charge in [0.25, 0.3) is 10.0 Å². The first kappa shape index (κ1) is 23.8. The van der Waals surface area contributed by atoms with Crippen molar-refractivity contribution in [3.05, 3.63) is 87.9 Å². The Balaban J connectivity index is 1.59. The molecule has 34 heavy (non-hydrogen) atoms. The monoisotopic (exact) mass is 499 g/mol. The van der Waals surface area contributed by atoms with Crippen LogP contribution in [0.4, 0.5) is 5.69 Å². The Morgan fingerprint density at radius 2 is 1.76 bits per heavy atom. The van der Waals surface area contributed by atoms with Crippen molar-refractivity contribution in [1.29, 1.82) is 0 Å². The Kier molecular flexibility index (Phi) is 6.63. The summed E-state index contributed by atoms with van der Waals surface area (Å²) < 4.78 is 38.8. The van der Waals surface area contributed by atoms with Crippen LogP contribution >= 0.6 is 11.6 Å². The highest BCUT2D eigenvalue weighted by Crippen LogP contribution is 2.35. The predicted molar refractivity (Wildman–Crippen MR) is 128 cm³/mol. The van der Waals surface area contributed by atoms with Gasteiger partial charge < -0.3 is 9.47 Å². The highest BCUT2D eigenvalue weighted by Gasteiger charge is 2.32. The Labute approximate surface area is 202 Å². The second-order valence-electron chi connectivity index (χ2n) is 7.76. The van der Waals surface area contributed by atoms with Crippen LogP contribution in [0, 0.1) is 0 Å². The Morgan fingerprint density at radius 3 is 2.50 bits per heavy atom. The second kappa shape index (κ2) is 9.48. The molecule has 0 atom stereocenters. The molecular weight excluding hydrogens is 478 g/mol. The van der Waals surface area contributed by atoms with Gasteiger partial charge in [-0.25, -0.2) is 13.2 Å². The molecule has 3 aromatic carbocycles. The van der Waals surface area contributed by atoms with Gasteiger partial charge in [-0.05, 0) is 61.4 Å². The average molecular weight is 500 g/mol. The van der Waals surface area contributed by atoms with E-state index < -0.39 is 16.0 Å². The van der Waals surface area contributed by atoms with Crippen LogP contribution in [0.25, 0.3) is 0 Å². The van der Waals surface area contributed by atoms with E-state index >= 15 is 0 Å². The number of esters is 1. The zero-order valence-electron chi connectivity index (χ0n) is 18.6. The number of ether oxygens (including phenoxy) is 2. The van der Waals surface area contributed by atoms with E-state index in [4.69, 9.17) is 21.1 Å². The van der Waals surface area contributed by atoms with Crippen LogP contribution in [0.3, 0.4) is 0 Å². The fraction of sp³-hybridized carbons (Fsp3) is 0.200. The molecule has 0 spiro atoms. The molecule has 1 aliphatic rings. The molecule has 0 saturated carbocycles. The van der Waals surface area contributed by atoms with Crippen LogP contribution in [0.1, 0.15) is 38.8 Å². The minimum atomic E-state index is -4.00. The number of hydrogen-bond acceptors (Lipinski definition) is 6. The quantitative estimate of drug-likeness (QED) is 0.347. The summed E-state index contributed by atoms with van der Waals surface area (Å²) in [7, 11) is -2.52. The third-order valence-corrected chi connectivity index (χ3v) is 7.92. The summed E-state index contributed by atoms with van der Waals surface area (Å²) >= 11 is 6.24. The third-order valence-electron chi connectivity index (χ3n) is 5.63. The molecule has 4 rings (SSSR count). The van der Waals surface area contributed by atoms with E-state index in [-0.39, 0.29) is 27.9 Å². The van der Waals surface area contributed by atoms with Gasteiger partial charge in [0.05, 0.1) is 23.4 Å². The normalized spacial score (nSPS) is 12.9. The third kappa shape index (κ3) is 4.51. The van der Waals surface area contributed by atoms with Crippen molar-refractivity contribution in [3.63, 3.8) is 0 Å². The average Bonchev–Trinajstić information content (AvgIpc) is 3.27. The number of Topliss-reactive ketones (excluding diaryl/α,β-unsaturated/α-hetero) is 1. The van der Waals surface area contributed by atoms with Crippen LogP contribution in [0.2, 0.25) is 5.02 Å². The molecule has 0 N–H and O–H groups in total. The number of anilines is 1. The topological polar surface area (TPSA) is 90.0 Å². The number of nitrogens with zero attached hydrogens (tertiary/aromatic N) is 1. The van der Waals surface area contributed by atoms with Gasteiger partial charge >= 0.3 is 5.97 Å². The number of carbonyl (C=O) groups is 2. The van der Waals surface area contributed by atoms with E-state index in [9.17, 15) is 18.0 Å². The number of hydrogen-bond donors (Lipinski definition) is 0. The molecule has 0 amide bonds. The van der Waals surface area contributed by atoms with Crippen LogP contribution in [0.15, 0.2) is 65.6 Å². The smallest absolute Gasteiger partial charge is 0.338 e. The highest BCUT2D eigenvalue weighted by atomic mass is 35.5. The zero-order valence-corrected chi connectivity index (χ0v) is 20.2. The number of carbonyl (C=O) groups excluding carboxylic acids is 2. The Hall–Kier alpha value is -3.36. The summed E-state index contributed by atoms with van der Waals surface area (Å²) in [5, 5.41) is 0.0109. The summed E-state index contributed by atoms with van der Waals surface area (Å²) in [5.41, 5.74) is 2.54. The van der Waals surface area contributed by atoms with Gasteiger partial charge in [-0.15, -0.1) is 0 Å². The predicted octanol–water partition coefficient (Wildman–Crippen LogP) is 4.66. The standard InChI is InChI=1S/C25H22ClNO6S/c1-16(28)18-8-10-23(32-2)20(13-18)15-33-25(29)19-7-9-21(26)24(14-19)34(30,31)27-12-11-17-5-3-4-6-22(17)27/h3-10,13-14H,11-12,15H2,1-2H3. The first-order chi connectivity index (χ1) is 16.2. The number of fused-ring (bicyclic) bond motifs is 1. The number of methoxy groups -OCH3 is 1. The number of para-hydroxylation sites is 1. The van der Waals surface area contributed by atoms with Gasteiger partial charge in [-0.3, -0.25) is 9.10 Å². The number of ketones is 1.